The van der Waals surface area contributed by atoms with Gasteiger partial charge in [-0.3, -0.25) is 0 Å². The van der Waals surface area contributed by atoms with E-state index < -0.39 is 0 Å². The zero-order valence-corrected chi connectivity index (χ0v) is 12.6. The van der Waals surface area contributed by atoms with Crippen LogP contribution in [0.1, 0.15) is 31.5 Å². The van der Waals surface area contributed by atoms with Crippen LogP contribution in [0.4, 0.5) is 0 Å². The van der Waals surface area contributed by atoms with E-state index in [1.807, 2.05) is 26.0 Å². The SMILES string of the molecule is CC.CCc1nc(C)c(-c2ccc3c(c2)OCO3)s1. The van der Waals surface area contributed by atoms with Crippen LogP contribution >= 0.6 is 11.3 Å². The van der Waals surface area contributed by atoms with Crippen molar-refractivity contribution >= 4 is 11.3 Å². The number of benzene rings is 1. The van der Waals surface area contributed by atoms with Crippen molar-refractivity contribution in [2.24, 2.45) is 0 Å². The fraction of sp³-hybridized carbons (Fsp3) is 0.400. The lowest BCUT2D eigenvalue weighted by atomic mass is 10.1. The first-order chi connectivity index (χ1) is 9.28. The maximum absolute atomic E-state index is 5.40. The van der Waals surface area contributed by atoms with Crippen LogP contribution < -0.4 is 9.47 Å². The highest BCUT2D eigenvalue weighted by Crippen LogP contribution is 2.38. The van der Waals surface area contributed by atoms with Gasteiger partial charge in [-0.25, -0.2) is 4.98 Å². The number of aryl methyl sites for hydroxylation is 2. The minimum Gasteiger partial charge on any atom is -0.454 e. The summed E-state index contributed by atoms with van der Waals surface area (Å²) in [4.78, 5) is 5.77. The molecule has 1 aromatic carbocycles. The van der Waals surface area contributed by atoms with Gasteiger partial charge in [-0.2, -0.15) is 0 Å². The highest BCUT2D eigenvalue weighted by atomic mass is 32.1. The van der Waals surface area contributed by atoms with Crippen LogP contribution in [0.5, 0.6) is 11.5 Å². The van der Waals surface area contributed by atoms with Crippen LogP contribution in [0.2, 0.25) is 0 Å². The molecule has 1 aliphatic heterocycles. The van der Waals surface area contributed by atoms with Crippen LogP contribution in [0.3, 0.4) is 0 Å². The van der Waals surface area contributed by atoms with E-state index in [1.165, 1.54) is 9.88 Å². The van der Waals surface area contributed by atoms with E-state index in [0.717, 1.165) is 29.2 Å². The number of rotatable bonds is 2. The van der Waals surface area contributed by atoms with Crippen molar-refractivity contribution in [2.45, 2.75) is 34.1 Å². The molecule has 0 N–H and O–H groups in total. The Kier molecular flexibility index (Phi) is 4.43. The zero-order valence-electron chi connectivity index (χ0n) is 11.8. The molecule has 0 bridgehead atoms. The van der Waals surface area contributed by atoms with E-state index >= 15 is 0 Å². The molecule has 102 valence electrons. The third-order valence-electron chi connectivity index (χ3n) is 2.78. The number of thiazole rings is 1. The Hall–Kier alpha value is -1.55. The standard InChI is InChI=1S/C13H13NO2S.C2H6/c1-3-12-14-8(2)13(17-12)9-4-5-10-11(6-9)16-7-15-10;1-2/h4-6H,3,7H2,1-2H3;1-2H3. The quantitative estimate of drug-likeness (QED) is 0.813. The van der Waals surface area contributed by atoms with Crippen LogP contribution in [0, 0.1) is 6.92 Å². The minimum atomic E-state index is 0.320. The average molecular weight is 277 g/mol. The van der Waals surface area contributed by atoms with E-state index in [0.29, 0.717) is 6.79 Å². The number of ether oxygens (including phenoxy) is 2. The molecule has 2 heterocycles. The van der Waals surface area contributed by atoms with Gasteiger partial charge in [0.1, 0.15) is 0 Å². The van der Waals surface area contributed by atoms with Crippen LogP contribution in [0.25, 0.3) is 10.4 Å². The molecule has 1 aliphatic rings. The van der Waals surface area contributed by atoms with Crippen LogP contribution in [-0.2, 0) is 6.42 Å². The summed E-state index contributed by atoms with van der Waals surface area (Å²) < 4.78 is 10.7. The molecular formula is C15H19NO2S. The third kappa shape index (κ3) is 2.73. The van der Waals surface area contributed by atoms with Gasteiger partial charge in [0.25, 0.3) is 0 Å². The van der Waals surface area contributed by atoms with Crippen molar-refractivity contribution in [1.82, 2.24) is 4.98 Å². The van der Waals surface area contributed by atoms with Crippen molar-refractivity contribution in [3.05, 3.63) is 28.9 Å². The number of fused-ring (bicyclic) bond motifs is 1. The van der Waals surface area contributed by atoms with Gasteiger partial charge in [0, 0.05) is 0 Å². The summed E-state index contributed by atoms with van der Waals surface area (Å²) in [6.07, 6.45) is 0.982. The van der Waals surface area contributed by atoms with Gasteiger partial charge in [-0.15, -0.1) is 11.3 Å². The Morgan fingerprint density at radius 3 is 2.63 bits per heavy atom. The molecule has 0 fully saturated rings. The second-order valence-electron chi connectivity index (χ2n) is 3.94. The maximum Gasteiger partial charge on any atom is 0.231 e. The summed E-state index contributed by atoms with van der Waals surface area (Å²) >= 11 is 1.75. The third-order valence-corrected chi connectivity index (χ3v) is 4.13. The summed E-state index contributed by atoms with van der Waals surface area (Å²) in [5.41, 5.74) is 2.25. The second-order valence-corrected chi connectivity index (χ2v) is 5.03. The number of nitrogens with zero attached hydrogens (tertiary/aromatic N) is 1. The van der Waals surface area contributed by atoms with Crippen molar-refractivity contribution in [1.29, 1.82) is 0 Å². The predicted molar refractivity (Wildman–Crippen MR) is 79.1 cm³/mol. The largest absolute Gasteiger partial charge is 0.454 e. The lowest BCUT2D eigenvalue weighted by Crippen LogP contribution is -1.92. The predicted octanol–water partition coefficient (Wildman–Crippen LogP) is 4.44. The zero-order chi connectivity index (χ0) is 13.8. The minimum absolute atomic E-state index is 0.320. The van der Waals surface area contributed by atoms with Crippen molar-refractivity contribution in [3.63, 3.8) is 0 Å². The average Bonchev–Trinajstić information content (AvgIpc) is 3.06. The van der Waals surface area contributed by atoms with Gasteiger partial charge < -0.3 is 9.47 Å². The Morgan fingerprint density at radius 1 is 1.21 bits per heavy atom. The molecule has 0 aliphatic carbocycles. The van der Waals surface area contributed by atoms with Crippen molar-refractivity contribution < 1.29 is 9.47 Å². The van der Waals surface area contributed by atoms with E-state index in [4.69, 9.17) is 9.47 Å². The molecule has 1 aromatic heterocycles. The molecule has 0 amide bonds. The summed E-state index contributed by atoms with van der Waals surface area (Å²) in [7, 11) is 0. The van der Waals surface area contributed by atoms with E-state index in [2.05, 4.69) is 24.9 Å². The lowest BCUT2D eigenvalue weighted by Gasteiger charge is -2.00. The lowest BCUT2D eigenvalue weighted by molar-refractivity contribution is 0.174. The molecule has 0 saturated carbocycles. The van der Waals surface area contributed by atoms with E-state index in [-0.39, 0.29) is 0 Å². The first-order valence-electron chi connectivity index (χ1n) is 6.64. The van der Waals surface area contributed by atoms with E-state index in [9.17, 15) is 0 Å². The highest BCUT2D eigenvalue weighted by Gasteiger charge is 2.16. The molecule has 0 saturated heterocycles. The van der Waals surface area contributed by atoms with Crippen molar-refractivity contribution in [2.75, 3.05) is 6.79 Å². The molecular weight excluding hydrogens is 258 g/mol. The van der Waals surface area contributed by atoms with Gasteiger partial charge in [0.15, 0.2) is 11.5 Å². The summed E-state index contributed by atoms with van der Waals surface area (Å²) in [5, 5.41) is 1.18. The first kappa shape index (κ1) is 13.9. The second kappa shape index (κ2) is 6.06. The smallest absolute Gasteiger partial charge is 0.231 e. The molecule has 0 spiro atoms. The summed E-state index contributed by atoms with van der Waals surface area (Å²) in [5.74, 6) is 1.65. The Morgan fingerprint density at radius 2 is 1.95 bits per heavy atom. The Labute approximate surface area is 118 Å². The molecule has 0 unspecified atom stereocenters. The van der Waals surface area contributed by atoms with Gasteiger partial charge in [-0.1, -0.05) is 20.8 Å². The molecule has 0 atom stereocenters. The van der Waals surface area contributed by atoms with Crippen molar-refractivity contribution in [3.8, 4) is 21.9 Å². The van der Waals surface area contributed by atoms with Gasteiger partial charge in [0.05, 0.1) is 15.6 Å². The highest BCUT2D eigenvalue weighted by molar-refractivity contribution is 7.15. The Bertz CT molecular complexity index is 563. The van der Waals surface area contributed by atoms with Gasteiger partial charge in [-0.05, 0) is 37.1 Å². The molecule has 3 rings (SSSR count). The molecule has 3 nitrogen and oxygen atoms in total. The van der Waals surface area contributed by atoms with Gasteiger partial charge in [0.2, 0.25) is 6.79 Å². The fourth-order valence-corrected chi connectivity index (χ4v) is 2.91. The summed E-state index contributed by atoms with van der Waals surface area (Å²) in [6, 6.07) is 6.05. The van der Waals surface area contributed by atoms with Crippen LogP contribution in [-0.4, -0.2) is 11.8 Å². The normalized spacial score (nSPS) is 12.0. The monoisotopic (exact) mass is 277 g/mol. The van der Waals surface area contributed by atoms with E-state index in [1.54, 1.807) is 11.3 Å². The van der Waals surface area contributed by atoms with Gasteiger partial charge >= 0.3 is 0 Å². The molecule has 0 radical (unpaired) electrons. The number of hydrogen-bond donors (Lipinski definition) is 0. The fourth-order valence-electron chi connectivity index (χ4n) is 1.91. The molecule has 19 heavy (non-hydrogen) atoms. The van der Waals surface area contributed by atoms with Crippen LogP contribution in [0.15, 0.2) is 18.2 Å². The topological polar surface area (TPSA) is 31.4 Å². The maximum atomic E-state index is 5.40. The molecule has 2 aromatic rings. The molecule has 4 heteroatoms. The Balaban J connectivity index is 0.000000637. The number of aromatic nitrogens is 1. The summed E-state index contributed by atoms with van der Waals surface area (Å²) in [6.45, 7) is 8.50. The number of hydrogen-bond acceptors (Lipinski definition) is 4. The first-order valence-corrected chi connectivity index (χ1v) is 7.46.